The van der Waals surface area contributed by atoms with Gasteiger partial charge in [0.05, 0.1) is 12.8 Å². The zero-order valence-corrected chi connectivity index (χ0v) is 19.0. The van der Waals surface area contributed by atoms with Gasteiger partial charge < -0.3 is 20.3 Å². The van der Waals surface area contributed by atoms with Crippen molar-refractivity contribution in [1.82, 2.24) is 14.9 Å². The van der Waals surface area contributed by atoms with Crippen molar-refractivity contribution in [2.45, 2.75) is 12.3 Å². The second-order valence-corrected chi connectivity index (χ2v) is 8.28. The van der Waals surface area contributed by atoms with E-state index in [2.05, 4.69) is 4.98 Å². The molecular formula is C25H27N5O3. The quantitative estimate of drug-likeness (QED) is 0.626. The predicted octanol–water partition coefficient (Wildman–Crippen LogP) is 2.95. The Kier molecular flexibility index (Phi) is 6.26. The third kappa shape index (κ3) is 4.64. The molecule has 1 atom stereocenters. The van der Waals surface area contributed by atoms with Crippen molar-refractivity contribution < 1.29 is 14.3 Å². The van der Waals surface area contributed by atoms with Gasteiger partial charge in [-0.25, -0.2) is 9.97 Å². The number of hydrogen-bond donors (Lipinski definition) is 1. The first-order valence-corrected chi connectivity index (χ1v) is 10.7. The second kappa shape index (κ2) is 9.28. The highest BCUT2D eigenvalue weighted by Gasteiger charge is 2.31. The molecule has 170 valence electrons. The van der Waals surface area contributed by atoms with Gasteiger partial charge in [-0.05, 0) is 42.3 Å². The van der Waals surface area contributed by atoms with Crippen molar-refractivity contribution in [3.05, 3.63) is 71.5 Å². The number of carbonyl (C=O) groups is 2. The highest BCUT2D eigenvalue weighted by atomic mass is 16.5. The van der Waals surface area contributed by atoms with Gasteiger partial charge >= 0.3 is 0 Å². The minimum Gasteiger partial charge on any atom is -0.497 e. The maximum Gasteiger partial charge on any atom is 0.254 e. The van der Waals surface area contributed by atoms with Crippen molar-refractivity contribution in [1.29, 1.82) is 0 Å². The van der Waals surface area contributed by atoms with E-state index in [1.54, 1.807) is 43.6 Å². The number of primary amides is 1. The molecule has 2 N–H and O–H groups in total. The van der Waals surface area contributed by atoms with Crippen LogP contribution in [0.2, 0.25) is 0 Å². The Morgan fingerprint density at radius 1 is 1.12 bits per heavy atom. The van der Waals surface area contributed by atoms with Gasteiger partial charge in [0.25, 0.3) is 5.91 Å². The molecule has 0 unspecified atom stereocenters. The summed E-state index contributed by atoms with van der Waals surface area (Å²) in [5.41, 5.74) is 9.03. The summed E-state index contributed by atoms with van der Waals surface area (Å²) in [7, 11) is 5.36. The third-order valence-corrected chi connectivity index (χ3v) is 5.84. The number of methoxy groups -OCH3 is 1. The lowest BCUT2D eigenvalue weighted by Gasteiger charge is -2.20. The van der Waals surface area contributed by atoms with E-state index >= 15 is 0 Å². The van der Waals surface area contributed by atoms with E-state index in [1.165, 1.54) is 0 Å². The number of anilines is 1. The van der Waals surface area contributed by atoms with Gasteiger partial charge in [-0.2, -0.15) is 0 Å². The summed E-state index contributed by atoms with van der Waals surface area (Å²) >= 11 is 0. The van der Waals surface area contributed by atoms with Crippen LogP contribution in [0.4, 0.5) is 5.95 Å². The number of benzene rings is 2. The lowest BCUT2D eigenvalue weighted by molar-refractivity contribution is 0.0790. The summed E-state index contributed by atoms with van der Waals surface area (Å²) < 4.78 is 5.26. The Balaban J connectivity index is 1.66. The minimum atomic E-state index is -0.486. The number of amides is 2. The largest absolute Gasteiger partial charge is 0.497 e. The fourth-order valence-electron chi connectivity index (χ4n) is 4.08. The first-order chi connectivity index (χ1) is 15.9. The minimum absolute atomic E-state index is 0.0319. The molecule has 8 heteroatoms. The second-order valence-electron chi connectivity index (χ2n) is 8.28. The average Bonchev–Trinajstić information content (AvgIpc) is 3.33. The Labute approximate surface area is 193 Å². The van der Waals surface area contributed by atoms with Gasteiger partial charge in [-0.3, -0.25) is 9.59 Å². The molecule has 2 amide bonds. The zero-order valence-electron chi connectivity index (χ0n) is 19.0. The molecular weight excluding hydrogens is 418 g/mol. The van der Waals surface area contributed by atoms with E-state index in [1.807, 2.05) is 42.1 Å². The van der Waals surface area contributed by atoms with Crippen LogP contribution in [0.25, 0.3) is 11.1 Å². The van der Waals surface area contributed by atoms with Crippen LogP contribution in [0, 0.1) is 0 Å². The molecule has 3 aromatic rings. The molecule has 2 aromatic carbocycles. The Hall–Kier alpha value is -3.94. The molecule has 1 aliphatic rings. The van der Waals surface area contributed by atoms with Crippen LogP contribution in [0.3, 0.4) is 0 Å². The van der Waals surface area contributed by atoms with Gasteiger partial charge in [0.15, 0.2) is 0 Å². The van der Waals surface area contributed by atoms with E-state index in [0.717, 1.165) is 23.2 Å². The fourth-order valence-corrected chi connectivity index (χ4v) is 4.08. The Morgan fingerprint density at radius 3 is 2.61 bits per heavy atom. The fraction of sp³-hybridized carbons (Fsp3) is 0.280. The van der Waals surface area contributed by atoms with Crippen LogP contribution in [-0.2, 0) is 0 Å². The molecule has 0 aliphatic carbocycles. The highest BCUT2D eigenvalue weighted by Crippen LogP contribution is 2.35. The summed E-state index contributed by atoms with van der Waals surface area (Å²) in [4.78, 5) is 37.8. The molecule has 33 heavy (non-hydrogen) atoms. The summed E-state index contributed by atoms with van der Waals surface area (Å²) in [5.74, 6) is 0.765. The smallest absolute Gasteiger partial charge is 0.254 e. The van der Waals surface area contributed by atoms with E-state index in [-0.39, 0.29) is 11.8 Å². The highest BCUT2D eigenvalue weighted by molar-refractivity contribution is 5.95. The van der Waals surface area contributed by atoms with E-state index in [9.17, 15) is 9.59 Å². The van der Waals surface area contributed by atoms with Crippen LogP contribution < -0.4 is 15.4 Å². The molecule has 1 fully saturated rings. The van der Waals surface area contributed by atoms with Crippen LogP contribution >= 0.6 is 0 Å². The third-order valence-electron chi connectivity index (χ3n) is 5.84. The van der Waals surface area contributed by atoms with Crippen molar-refractivity contribution in [2.75, 3.05) is 39.2 Å². The lowest BCUT2D eigenvalue weighted by atomic mass is 9.95. The van der Waals surface area contributed by atoms with E-state index in [4.69, 9.17) is 15.5 Å². The van der Waals surface area contributed by atoms with Gasteiger partial charge in [-0.15, -0.1) is 0 Å². The van der Waals surface area contributed by atoms with Crippen molar-refractivity contribution >= 4 is 17.8 Å². The maximum absolute atomic E-state index is 13.1. The molecule has 8 nitrogen and oxygen atoms in total. The van der Waals surface area contributed by atoms with Crippen molar-refractivity contribution in [3.63, 3.8) is 0 Å². The number of hydrogen-bond acceptors (Lipinski definition) is 6. The van der Waals surface area contributed by atoms with Crippen LogP contribution in [0.5, 0.6) is 5.75 Å². The molecule has 1 aliphatic heterocycles. The van der Waals surface area contributed by atoms with Crippen LogP contribution in [-0.4, -0.2) is 61.0 Å². The standard InChI is InChI=1S/C25H27N5O3/c1-29(2)25-27-14-21(16-6-4-7-17(12-16)23(26)31)22(28-25)19-10-11-30(15-19)24(32)18-8-5-9-20(13-18)33-3/h4-9,12-14,19H,10-11,15H2,1-3H3,(H2,26,31)/t19-/m0/s1. The van der Waals surface area contributed by atoms with Gasteiger partial charge in [-0.1, -0.05) is 18.2 Å². The monoisotopic (exact) mass is 445 g/mol. The molecule has 4 rings (SSSR count). The topological polar surface area (TPSA) is 102 Å². The van der Waals surface area contributed by atoms with Gasteiger partial charge in [0, 0.05) is 56.0 Å². The average molecular weight is 446 g/mol. The predicted molar refractivity (Wildman–Crippen MR) is 127 cm³/mol. The van der Waals surface area contributed by atoms with E-state index in [0.29, 0.717) is 35.9 Å². The zero-order chi connectivity index (χ0) is 23.5. The van der Waals surface area contributed by atoms with Gasteiger partial charge in [0.2, 0.25) is 11.9 Å². The first-order valence-electron chi connectivity index (χ1n) is 10.7. The van der Waals surface area contributed by atoms with Gasteiger partial charge in [0.1, 0.15) is 5.75 Å². The SMILES string of the molecule is COc1cccc(C(=O)N2CC[C@H](c3nc(N(C)C)ncc3-c3cccc(C(N)=O)c3)C2)c1. The maximum atomic E-state index is 13.1. The summed E-state index contributed by atoms with van der Waals surface area (Å²) in [6, 6.07) is 14.3. The molecule has 0 bridgehead atoms. The number of rotatable bonds is 6. The lowest BCUT2D eigenvalue weighted by Crippen LogP contribution is -2.28. The number of aromatic nitrogens is 2. The molecule has 2 heterocycles. The summed E-state index contributed by atoms with van der Waals surface area (Å²) in [5, 5.41) is 0. The number of carbonyl (C=O) groups excluding carboxylic acids is 2. The first kappa shape index (κ1) is 22.3. The summed E-state index contributed by atoms with van der Waals surface area (Å²) in [6.07, 6.45) is 2.56. The van der Waals surface area contributed by atoms with Crippen LogP contribution in [0.1, 0.15) is 38.7 Å². The number of nitrogens with two attached hydrogens (primary N) is 1. The molecule has 0 spiro atoms. The Morgan fingerprint density at radius 2 is 1.88 bits per heavy atom. The van der Waals surface area contributed by atoms with Crippen LogP contribution in [0.15, 0.2) is 54.7 Å². The number of ether oxygens (including phenoxy) is 1. The molecule has 1 aromatic heterocycles. The summed E-state index contributed by atoms with van der Waals surface area (Å²) in [6.45, 7) is 1.17. The molecule has 0 saturated carbocycles. The van der Waals surface area contributed by atoms with E-state index < -0.39 is 5.91 Å². The number of likely N-dealkylation sites (tertiary alicyclic amines) is 1. The van der Waals surface area contributed by atoms with Crippen molar-refractivity contribution in [3.8, 4) is 16.9 Å². The molecule has 0 radical (unpaired) electrons. The van der Waals surface area contributed by atoms with Crippen molar-refractivity contribution in [2.24, 2.45) is 5.73 Å². The normalized spacial score (nSPS) is 15.4. The number of nitrogens with zero attached hydrogens (tertiary/aromatic N) is 4. The molecule has 1 saturated heterocycles. The Bertz CT molecular complexity index is 1190.